The number of rotatable bonds is 10. The topological polar surface area (TPSA) is 99.5 Å². The minimum absolute atomic E-state index is 0.337. The summed E-state index contributed by atoms with van der Waals surface area (Å²) in [6, 6.07) is 16.1. The van der Waals surface area contributed by atoms with Crippen molar-refractivity contribution in [2.75, 3.05) is 12.0 Å². The number of pyridine rings is 1. The highest BCUT2D eigenvalue weighted by Crippen LogP contribution is 2.40. The molecule has 204 valence electrons. The smallest absolute Gasteiger partial charge is 0.326 e. The van der Waals surface area contributed by atoms with Gasteiger partial charge < -0.3 is 15.5 Å². The van der Waals surface area contributed by atoms with E-state index < -0.39 is 23.5 Å². The molecule has 0 spiro atoms. The van der Waals surface area contributed by atoms with Crippen molar-refractivity contribution in [3.05, 3.63) is 95.3 Å². The zero-order chi connectivity index (χ0) is 28.0. The SMILES string of the molecule is C=C(c1ccc(C(=O)N[C@@H](CCSC)C(=O)O)c(-c2ccccc2C)c1)c1cccnc1C1(O)CCCCC1. The monoisotopic (exact) mass is 544 g/mol. The summed E-state index contributed by atoms with van der Waals surface area (Å²) in [4.78, 5) is 29.8. The van der Waals surface area contributed by atoms with Crippen molar-refractivity contribution in [3.63, 3.8) is 0 Å². The van der Waals surface area contributed by atoms with Gasteiger partial charge in [-0.2, -0.15) is 11.8 Å². The summed E-state index contributed by atoms with van der Waals surface area (Å²) in [7, 11) is 0. The van der Waals surface area contributed by atoms with Crippen molar-refractivity contribution in [2.24, 2.45) is 0 Å². The number of amides is 1. The van der Waals surface area contributed by atoms with Crippen molar-refractivity contribution < 1.29 is 19.8 Å². The maximum atomic E-state index is 13.4. The summed E-state index contributed by atoms with van der Waals surface area (Å²) in [5.74, 6) is -0.859. The lowest BCUT2D eigenvalue weighted by Gasteiger charge is -2.33. The second kappa shape index (κ2) is 12.6. The third-order valence-electron chi connectivity index (χ3n) is 7.52. The highest BCUT2D eigenvalue weighted by molar-refractivity contribution is 7.98. The Balaban J connectivity index is 1.76. The number of aryl methyl sites for hydroxylation is 1. The van der Waals surface area contributed by atoms with E-state index in [-0.39, 0.29) is 0 Å². The lowest BCUT2D eigenvalue weighted by Crippen LogP contribution is -2.41. The lowest BCUT2D eigenvalue weighted by molar-refractivity contribution is -0.139. The number of carbonyl (C=O) groups excluding carboxylic acids is 1. The minimum atomic E-state index is -1.05. The van der Waals surface area contributed by atoms with Gasteiger partial charge in [0.1, 0.15) is 11.6 Å². The number of carboxylic acid groups (broad SMARTS) is 1. The second-order valence-electron chi connectivity index (χ2n) is 10.2. The van der Waals surface area contributed by atoms with Crippen molar-refractivity contribution >= 4 is 29.2 Å². The first-order valence-electron chi connectivity index (χ1n) is 13.4. The molecule has 0 aliphatic heterocycles. The molecular weight excluding hydrogens is 508 g/mol. The molecule has 2 aromatic carbocycles. The molecule has 0 saturated heterocycles. The zero-order valence-electron chi connectivity index (χ0n) is 22.6. The van der Waals surface area contributed by atoms with E-state index in [4.69, 9.17) is 0 Å². The van der Waals surface area contributed by atoms with Crippen LogP contribution in [0, 0.1) is 6.92 Å². The van der Waals surface area contributed by atoms with Crippen LogP contribution in [-0.4, -0.2) is 45.1 Å². The summed E-state index contributed by atoms with van der Waals surface area (Å²) in [6.07, 6.45) is 8.30. The number of nitrogens with one attached hydrogen (secondary N) is 1. The van der Waals surface area contributed by atoms with E-state index in [1.165, 1.54) is 11.8 Å². The zero-order valence-corrected chi connectivity index (χ0v) is 23.4. The van der Waals surface area contributed by atoms with Gasteiger partial charge in [0, 0.05) is 17.3 Å². The number of benzene rings is 2. The number of carboxylic acids is 1. The van der Waals surface area contributed by atoms with Crippen LogP contribution in [0.2, 0.25) is 0 Å². The Labute approximate surface area is 234 Å². The van der Waals surface area contributed by atoms with Crippen LogP contribution in [0.5, 0.6) is 0 Å². The number of carbonyl (C=O) groups is 2. The molecule has 4 rings (SSSR count). The first kappa shape index (κ1) is 28.6. The van der Waals surface area contributed by atoms with Gasteiger partial charge in [-0.15, -0.1) is 0 Å². The van der Waals surface area contributed by atoms with Gasteiger partial charge in [-0.25, -0.2) is 4.79 Å². The third-order valence-corrected chi connectivity index (χ3v) is 8.16. The maximum Gasteiger partial charge on any atom is 0.326 e. The molecule has 1 amide bonds. The van der Waals surface area contributed by atoms with Crippen molar-refractivity contribution in [1.82, 2.24) is 10.3 Å². The van der Waals surface area contributed by atoms with Gasteiger partial charge in [0.05, 0.1) is 5.69 Å². The Morgan fingerprint density at radius 3 is 2.49 bits per heavy atom. The standard InChI is InChI=1S/C32H36N2O4S/c1-21-10-5-6-11-24(21)27-20-23(13-14-26(27)30(35)34-28(31(36)37)15-19-39-3)22(2)25-12-9-18-33-29(25)32(38)16-7-4-8-17-32/h5-6,9-14,18,20,28,38H,2,4,7-8,15-17,19H2,1,3H3,(H,34,35)(H,36,37)/t28-/m0/s1. The molecule has 3 aromatic rings. The normalized spacial score (nSPS) is 15.4. The molecule has 7 heteroatoms. The van der Waals surface area contributed by atoms with Gasteiger partial charge in [0.2, 0.25) is 0 Å². The number of nitrogens with zero attached hydrogens (tertiary/aromatic N) is 1. The molecule has 6 nitrogen and oxygen atoms in total. The maximum absolute atomic E-state index is 13.4. The number of thioether (sulfide) groups is 1. The number of aliphatic hydroxyl groups is 1. The highest BCUT2D eigenvalue weighted by atomic mass is 32.2. The fourth-order valence-electron chi connectivity index (χ4n) is 5.31. The van der Waals surface area contributed by atoms with Crippen molar-refractivity contribution in [3.8, 4) is 11.1 Å². The number of hydrogen-bond donors (Lipinski definition) is 3. The van der Waals surface area contributed by atoms with E-state index in [0.29, 0.717) is 47.4 Å². The molecular formula is C32H36N2O4S. The first-order chi connectivity index (χ1) is 18.7. The Morgan fingerprint density at radius 1 is 1.05 bits per heavy atom. The predicted molar refractivity (Wildman–Crippen MR) is 158 cm³/mol. The molecule has 1 saturated carbocycles. The van der Waals surface area contributed by atoms with Gasteiger partial charge >= 0.3 is 5.97 Å². The van der Waals surface area contributed by atoms with E-state index in [9.17, 15) is 19.8 Å². The van der Waals surface area contributed by atoms with E-state index in [1.54, 1.807) is 12.3 Å². The molecule has 1 aliphatic rings. The van der Waals surface area contributed by atoms with Crippen LogP contribution in [0.4, 0.5) is 0 Å². The first-order valence-corrected chi connectivity index (χ1v) is 14.7. The van der Waals surface area contributed by atoms with Crippen LogP contribution < -0.4 is 5.32 Å². The number of hydrogen-bond acceptors (Lipinski definition) is 5. The molecule has 39 heavy (non-hydrogen) atoms. The molecule has 1 aromatic heterocycles. The van der Waals surface area contributed by atoms with Gasteiger partial charge in [-0.05, 0) is 84.2 Å². The predicted octanol–water partition coefficient (Wildman–Crippen LogP) is 6.21. The van der Waals surface area contributed by atoms with Crippen LogP contribution in [0.25, 0.3) is 16.7 Å². The third kappa shape index (κ3) is 6.43. The summed E-state index contributed by atoms with van der Waals surface area (Å²) in [5, 5.41) is 23.9. The Kier molecular flexibility index (Phi) is 9.25. The summed E-state index contributed by atoms with van der Waals surface area (Å²) < 4.78 is 0. The molecule has 0 unspecified atom stereocenters. The lowest BCUT2D eigenvalue weighted by atomic mass is 9.79. The van der Waals surface area contributed by atoms with E-state index >= 15 is 0 Å². The summed E-state index contributed by atoms with van der Waals surface area (Å²) in [5.41, 5.74) is 4.92. The number of aromatic nitrogens is 1. The van der Waals surface area contributed by atoms with Gasteiger partial charge in [0.25, 0.3) is 5.91 Å². The molecule has 1 heterocycles. The largest absolute Gasteiger partial charge is 0.480 e. The van der Waals surface area contributed by atoms with E-state index in [1.807, 2.05) is 61.7 Å². The van der Waals surface area contributed by atoms with E-state index in [2.05, 4.69) is 16.9 Å². The quantitative estimate of drug-likeness (QED) is 0.281. The molecule has 0 radical (unpaired) electrons. The average Bonchev–Trinajstić information content (AvgIpc) is 2.95. The van der Waals surface area contributed by atoms with Crippen LogP contribution in [0.3, 0.4) is 0 Å². The molecule has 1 fully saturated rings. The van der Waals surface area contributed by atoms with Gasteiger partial charge in [0.15, 0.2) is 0 Å². The highest BCUT2D eigenvalue weighted by Gasteiger charge is 2.35. The summed E-state index contributed by atoms with van der Waals surface area (Å²) >= 11 is 1.54. The van der Waals surface area contributed by atoms with Crippen LogP contribution in [0.15, 0.2) is 67.4 Å². The Morgan fingerprint density at radius 2 is 1.79 bits per heavy atom. The average molecular weight is 545 g/mol. The van der Waals surface area contributed by atoms with Crippen LogP contribution >= 0.6 is 11.8 Å². The Bertz CT molecular complexity index is 1360. The molecule has 1 aliphatic carbocycles. The fraction of sp³-hybridized carbons (Fsp3) is 0.344. The molecule has 0 bridgehead atoms. The van der Waals surface area contributed by atoms with E-state index in [0.717, 1.165) is 41.5 Å². The van der Waals surface area contributed by atoms with Gasteiger partial charge in [-0.1, -0.05) is 62.2 Å². The molecule has 3 N–H and O–H groups in total. The van der Waals surface area contributed by atoms with Crippen LogP contribution in [0.1, 0.15) is 71.3 Å². The van der Waals surface area contributed by atoms with Crippen LogP contribution in [-0.2, 0) is 10.4 Å². The van der Waals surface area contributed by atoms with Crippen molar-refractivity contribution in [2.45, 2.75) is 57.1 Å². The Hall–Kier alpha value is -3.42. The van der Waals surface area contributed by atoms with Gasteiger partial charge in [-0.3, -0.25) is 9.78 Å². The molecule has 1 atom stereocenters. The fourth-order valence-corrected chi connectivity index (χ4v) is 5.78. The summed E-state index contributed by atoms with van der Waals surface area (Å²) in [6.45, 7) is 6.37. The minimum Gasteiger partial charge on any atom is -0.480 e. The number of aliphatic carboxylic acids is 1. The van der Waals surface area contributed by atoms with Crippen molar-refractivity contribution in [1.29, 1.82) is 0 Å². The second-order valence-corrected chi connectivity index (χ2v) is 11.2.